The molecular formula is C19H27NO2. The van der Waals surface area contributed by atoms with Gasteiger partial charge in [-0.1, -0.05) is 24.3 Å². The van der Waals surface area contributed by atoms with E-state index in [9.17, 15) is 4.79 Å². The molecule has 22 heavy (non-hydrogen) atoms. The fourth-order valence-corrected chi connectivity index (χ4v) is 3.73. The average molecular weight is 301 g/mol. The predicted octanol–water partition coefficient (Wildman–Crippen LogP) is 4.05. The Bertz CT molecular complexity index is 516. The van der Waals surface area contributed by atoms with Crippen molar-refractivity contribution in [3.05, 3.63) is 48.6 Å². The van der Waals surface area contributed by atoms with Gasteiger partial charge in [0.15, 0.2) is 0 Å². The van der Waals surface area contributed by atoms with Crippen LogP contribution in [0.15, 0.2) is 43.0 Å². The fraction of sp³-hybridized carbons (Fsp3) is 0.526. The normalized spacial score (nSPS) is 21.3. The van der Waals surface area contributed by atoms with Gasteiger partial charge in [0.25, 0.3) is 0 Å². The Morgan fingerprint density at radius 1 is 1.23 bits per heavy atom. The van der Waals surface area contributed by atoms with Crippen LogP contribution in [0.5, 0.6) is 0 Å². The third kappa shape index (κ3) is 3.58. The van der Waals surface area contributed by atoms with Gasteiger partial charge in [-0.05, 0) is 39.8 Å². The number of ether oxygens (including phenoxy) is 1. The van der Waals surface area contributed by atoms with E-state index in [0.717, 1.165) is 19.4 Å². The summed E-state index contributed by atoms with van der Waals surface area (Å²) < 4.78 is 5.78. The van der Waals surface area contributed by atoms with Crippen molar-refractivity contribution in [2.75, 3.05) is 6.54 Å². The van der Waals surface area contributed by atoms with Crippen LogP contribution in [0.2, 0.25) is 0 Å². The van der Waals surface area contributed by atoms with Gasteiger partial charge in [0.1, 0.15) is 6.10 Å². The lowest BCUT2D eigenvalue weighted by Gasteiger charge is -2.54. The number of hydrogen-bond donors (Lipinski definition) is 0. The van der Waals surface area contributed by atoms with Crippen LogP contribution in [0.3, 0.4) is 0 Å². The Hall–Kier alpha value is -1.61. The van der Waals surface area contributed by atoms with Crippen molar-refractivity contribution in [2.24, 2.45) is 0 Å². The molecule has 1 fully saturated rings. The number of hydrogen-bond acceptors (Lipinski definition) is 3. The second kappa shape index (κ2) is 6.25. The summed E-state index contributed by atoms with van der Waals surface area (Å²) in [5.41, 5.74) is 0.557. The molecule has 0 bridgehead atoms. The van der Waals surface area contributed by atoms with E-state index in [4.69, 9.17) is 4.74 Å². The molecule has 3 nitrogen and oxygen atoms in total. The molecule has 1 aromatic rings. The average Bonchev–Trinajstić information content (AvgIpc) is 2.43. The SMILES string of the molecule is C=CCN1C(C)(C)CC(OC(=O)c2ccccc2)CC1(C)C. The highest BCUT2D eigenvalue weighted by Crippen LogP contribution is 2.39. The number of piperidine rings is 1. The molecule has 0 N–H and O–H groups in total. The zero-order chi connectivity index (χ0) is 16.4. The Kier molecular flexibility index (Phi) is 4.76. The van der Waals surface area contributed by atoms with Crippen LogP contribution < -0.4 is 0 Å². The van der Waals surface area contributed by atoms with Gasteiger partial charge in [0.2, 0.25) is 0 Å². The molecule has 0 saturated carbocycles. The molecule has 0 aliphatic carbocycles. The van der Waals surface area contributed by atoms with Crippen molar-refractivity contribution < 1.29 is 9.53 Å². The highest BCUT2D eigenvalue weighted by molar-refractivity contribution is 5.89. The molecule has 1 heterocycles. The second-order valence-electron chi connectivity index (χ2n) is 7.33. The largest absolute Gasteiger partial charge is 0.459 e. The predicted molar refractivity (Wildman–Crippen MR) is 89.9 cm³/mol. The number of likely N-dealkylation sites (tertiary alicyclic amines) is 1. The molecule has 1 aromatic carbocycles. The minimum Gasteiger partial charge on any atom is -0.459 e. The minimum atomic E-state index is -0.227. The van der Waals surface area contributed by atoms with Crippen LogP contribution in [-0.4, -0.2) is 34.6 Å². The van der Waals surface area contributed by atoms with E-state index in [1.165, 1.54) is 0 Å². The van der Waals surface area contributed by atoms with Crippen LogP contribution in [0.25, 0.3) is 0 Å². The minimum absolute atomic E-state index is 0.0302. The van der Waals surface area contributed by atoms with Gasteiger partial charge in [0.05, 0.1) is 5.56 Å². The van der Waals surface area contributed by atoms with E-state index >= 15 is 0 Å². The lowest BCUT2D eigenvalue weighted by molar-refractivity contribution is -0.0811. The first-order valence-corrected chi connectivity index (χ1v) is 7.91. The van der Waals surface area contributed by atoms with Gasteiger partial charge in [0, 0.05) is 30.5 Å². The van der Waals surface area contributed by atoms with E-state index in [1.807, 2.05) is 24.3 Å². The summed E-state index contributed by atoms with van der Waals surface area (Å²) in [5, 5.41) is 0. The van der Waals surface area contributed by atoms with E-state index in [0.29, 0.717) is 5.56 Å². The summed E-state index contributed by atoms with van der Waals surface area (Å²) in [6, 6.07) is 9.21. The zero-order valence-electron chi connectivity index (χ0n) is 14.1. The van der Waals surface area contributed by atoms with E-state index in [2.05, 4.69) is 39.2 Å². The molecule has 0 amide bonds. The van der Waals surface area contributed by atoms with Crippen molar-refractivity contribution in [2.45, 2.75) is 57.7 Å². The van der Waals surface area contributed by atoms with Gasteiger partial charge in [-0.25, -0.2) is 4.79 Å². The molecular weight excluding hydrogens is 274 g/mol. The number of esters is 1. The van der Waals surface area contributed by atoms with Crippen molar-refractivity contribution >= 4 is 5.97 Å². The molecule has 0 unspecified atom stereocenters. The lowest BCUT2D eigenvalue weighted by Crippen LogP contribution is -2.62. The van der Waals surface area contributed by atoms with Gasteiger partial charge >= 0.3 is 5.97 Å². The highest BCUT2D eigenvalue weighted by Gasteiger charge is 2.45. The van der Waals surface area contributed by atoms with Crippen LogP contribution >= 0.6 is 0 Å². The van der Waals surface area contributed by atoms with Crippen molar-refractivity contribution in [3.8, 4) is 0 Å². The lowest BCUT2D eigenvalue weighted by atomic mass is 9.78. The first-order chi connectivity index (χ1) is 10.3. The van der Waals surface area contributed by atoms with Gasteiger partial charge in [-0.2, -0.15) is 0 Å². The first kappa shape index (κ1) is 16.8. The third-order valence-corrected chi connectivity index (χ3v) is 4.51. The molecule has 3 heteroatoms. The summed E-state index contributed by atoms with van der Waals surface area (Å²) >= 11 is 0. The number of carbonyl (C=O) groups excluding carboxylic acids is 1. The molecule has 0 radical (unpaired) electrons. The molecule has 2 rings (SSSR count). The van der Waals surface area contributed by atoms with Crippen LogP contribution in [0.4, 0.5) is 0 Å². The molecule has 1 aliphatic heterocycles. The van der Waals surface area contributed by atoms with Gasteiger partial charge < -0.3 is 4.74 Å². The monoisotopic (exact) mass is 301 g/mol. The zero-order valence-corrected chi connectivity index (χ0v) is 14.1. The molecule has 120 valence electrons. The van der Waals surface area contributed by atoms with Crippen LogP contribution in [0.1, 0.15) is 50.9 Å². The van der Waals surface area contributed by atoms with Gasteiger partial charge in [-0.3, -0.25) is 4.90 Å². The summed E-state index contributed by atoms with van der Waals surface area (Å²) in [7, 11) is 0. The summed E-state index contributed by atoms with van der Waals surface area (Å²) in [5.74, 6) is -0.227. The standard InChI is InChI=1S/C19H27NO2/c1-6-12-20-18(2,3)13-16(14-19(20,4)5)22-17(21)15-10-8-7-9-11-15/h6-11,16H,1,12-14H2,2-5H3. The van der Waals surface area contributed by atoms with Crippen LogP contribution in [-0.2, 0) is 4.74 Å². The van der Waals surface area contributed by atoms with Gasteiger partial charge in [-0.15, -0.1) is 6.58 Å². The summed E-state index contributed by atoms with van der Waals surface area (Å²) in [4.78, 5) is 14.7. The summed E-state index contributed by atoms with van der Waals surface area (Å²) in [6.07, 6.45) is 3.56. The van der Waals surface area contributed by atoms with E-state index in [-0.39, 0.29) is 23.2 Å². The fourth-order valence-electron chi connectivity index (χ4n) is 3.73. The maximum absolute atomic E-state index is 12.3. The quantitative estimate of drug-likeness (QED) is 0.620. The van der Waals surface area contributed by atoms with Crippen molar-refractivity contribution in [1.82, 2.24) is 4.90 Å². The van der Waals surface area contributed by atoms with E-state index < -0.39 is 0 Å². The topological polar surface area (TPSA) is 29.5 Å². The maximum Gasteiger partial charge on any atom is 0.338 e. The molecule has 0 aromatic heterocycles. The number of benzene rings is 1. The number of nitrogens with zero attached hydrogens (tertiary/aromatic N) is 1. The number of carbonyl (C=O) groups is 1. The molecule has 1 saturated heterocycles. The Labute approximate surface area is 134 Å². The van der Waals surface area contributed by atoms with Crippen molar-refractivity contribution in [3.63, 3.8) is 0 Å². The smallest absolute Gasteiger partial charge is 0.338 e. The Balaban J connectivity index is 2.11. The van der Waals surface area contributed by atoms with Crippen molar-refractivity contribution in [1.29, 1.82) is 0 Å². The highest BCUT2D eigenvalue weighted by atomic mass is 16.5. The Morgan fingerprint density at radius 3 is 2.27 bits per heavy atom. The molecule has 0 atom stereocenters. The number of rotatable bonds is 4. The Morgan fingerprint density at radius 2 is 1.77 bits per heavy atom. The molecule has 0 spiro atoms. The third-order valence-electron chi connectivity index (χ3n) is 4.51. The maximum atomic E-state index is 12.3. The second-order valence-corrected chi connectivity index (χ2v) is 7.33. The van der Waals surface area contributed by atoms with E-state index in [1.54, 1.807) is 12.1 Å². The first-order valence-electron chi connectivity index (χ1n) is 7.91. The summed E-state index contributed by atoms with van der Waals surface area (Å²) in [6.45, 7) is 13.5. The molecule has 1 aliphatic rings. The van der Waals surface area contributed by atoms with Crippen LogP contribution in [0, 0.1) is 0 Å².